The Morgan fingerprint density at radius 2 is 2.10 bits per heavy atom. The lowest BCUT2D eigenvalue weighted by Gasteiger charge is -2.37. The Hall–Kier alpha value is -1.20. The summed E-state index contributed by atoms with van der Waals surface area (Å²) in [7, 11) is 1.29. The van der Waals surface area contributed by atoms with Crippen LogP contribution in [0.1, 0.15) is 18.4 Å². The molecule has 0 aliphatic carbocycles. The molecule has 20 heavy (non-hydrogen) atoms. The summed E-state index contributed by atoms with van der Waals surface area (Å²) in [5, 5.41) is 0. The molecule has 0 radical (unpaired) electrons. The minimum Gasteiger partial charge on any atom is -0.491 e. The third kappa shape index (κ3) is 2.52. The van der Waals surface area contributed by atoms with E-state index in [2.05, 4.69) is 9.80 Å². The van der Waals surface area contributed by atoms with Gasteiger partial charge in [0.15, 0.2) is 17.4 Å². The van der Waals surface area contributed by atoms with E-state index in [1.54, 1.807) is 0 Å². The lowest BCUT2D eigenvalue weighted by molar-refractivity contribution is 0.0983. The normalized spacial score (nSPS) is 23.9. The molecule has 5 heteroatoms. The molecule has 0 bridgehead atoms. The fourth-order valence-corrected chi connectivity index (χ4v) is 3.32. The highest BCUT2D eigenvalue weighted by Gasteiger charge is 2.30. The Morgan fingerprint density at radius 1 is 1.25 bits per heavy atom. The Kier molecular flexibility index (Phi) is 3.89. The minimum atomic E-state index is -0.644. The first kappa shape index (κ1) is 13.8. The van der Waals surface area contributed by atoms with Crippen LogP contribution in [0.3, 0.4) is 0 Å². The number of fused-ring (bicyclic) bond motifs is 1. The molecule has 2 aliphatic rings. The molecule has 1 atom stereocenters. The van der Waals surface area contributed by atoms with E-state index in [0.717, 1.165) is 19.6 Å². The maximum Gasteiger partial charge on any atom is 0.190 e. The van der Waals surface area contributed by atoms with E-state index < -0.39 is 11.6 Å². The van der Waals surface area contributed by atoms with Gasteiger partial charge in [0.2, 0.25) is 0 Å². The van der Waals surface area contributed by atoms with Crippen molar-refractivity contribution >= 4 is 0 Å². The van der Waals surface area contributed by atoms with E-state index in [4.69, 9.17) is 4.74 Å². The number of ether oxygens (including phenoxy) is 1. The lowest BCUT2D eigenvalue weighted by atomic mass is 10.1. The number of halogens is 2. The van der Waals surface area contributed by atoms with Gasteiger partial charge in [0.05, 0.1) is 7.11 Å². The van der Waals surface area contributed by atoms with Crippen LogP contribution in [0.15, 0.2) is 12.1 Å². The summed E-state index contributed by atoms with van der Waals surface area (Å²) in [6.07, 6.45) is 2.49. The SMILES string of the molecule is COc1c(F)ccc(CN2CCN3CCCC3C2)c1F. The van der Waals surface area contributed by atoms with Crippen LogP contribution in [0.25, 0.3) is 0 Å². The van der Waals surface area contributed by atoms with Gasteiger partial charge >= 0.3 is 0 Å². The zero-order valence-electron chi connectivity index (χ0n) is 11.7. The average molecular weight is 282 g/mol. The van der Waals surface area contributed by atoms with Crippen LogP contribution in [-0.2, 0) is 6.54 Å². The first-order valence-corrected chi connectivity index (χ1v) is 7.16. The monoisotopic (exact) mass is 282 g/mol. The number of benzene rings is 1. The van der Waals surface area contributed by atoms with E-state index in [1.165, 1.54) is 38.6 Å². The number of rotatable bonds is 3. The van der Waals surface area contributed by atoms with Crippen LogP contribution < -0.4 is 4.74 Å². The van der Waals surface area contributed by atoms with Crippen molar-refractivity contribution in [2.75, 3.05) is 33.3 Å². The van der Waals surface area contributed by atoms with Crippen molar-refractivity contribution in [2.24, 2.45) is 0 Å². The van der Waals surface area contributed by atoms with Crippen LogP contribution in [0.2, 0.25) is 0 Å². The number of nitrogens with zero attached hydrogens (tertiary/aromatic N) is 2. The molecule has 110 valence electrons. The number of methoxy groups -OCH3 is 1. The summed E-state index contributed by atoms with van der Waals surface area (Å²) in [6, 6.07) is 3.41. The Balaban J connectivity index is 1.72. The van der Waals surface area contributed by atoms with Crippen molar-refractivity contribution in [1.82, 2.24) is 9.80 Å². The molecule has 2 heterocycles. The molecule has 0 saturated carbocycles. The average Bonchev–Trinajstić information content (AvgIpc) is 2.90. The molecule has 1 unspecified atom stereocenters. The van der Waals surface area contributed by atoms with E-state index in [-0.39, 0.29) is 5.75 Å². The fourth-order valence-electron chi connectivity index (χ4n) is 3.32. The summed E-state index contributed by atoms with van der Waals surface area (Å²) < 4.78 is 32.4. The third-order valence-electron chi connectivity index (χ3n) is 4.40. The van der Waals surface area contributed by atoms with Crippen molar-refractivity contribution in [3.8, 4) is 5.75 Å². The second-order valence-electron chi connectivity index (χ2n) is 5.62. The highest BCUT2D eigenvalue weighted by atomic mass is 19.1. The van der Waals surface area contributed by atoms with Crippen LogP contribution in [0, 0.1) is 11.6 Å². The molecular formula is C15H20F2N2O. The highest BCUT2D eigenvalue weighted by molar-refractivity contribution is 5.32. The number of hydrogen-bond donors (Lipinski definition) is 0. The van der Waals surface area contributed by atoms with Gasteiger partial charge in [-0.25, -0.2) is 8.78 Å². The van der Waals surface area contributed by atoms with E-state index >= 15 is 0 Å². The molecular weight excluding hydrogens is 262 g/mol. The van der Waals surface area contributed by atoms with Crippen molar-refractivity contribution in [1.29, 1.82) is 0 Å². The van der Waals surface area contributed by atoms with Gasteiger partial charge in [-0.3, -0.25) is 9.80 Å². The topological polar surface area (TPSA) is 15.7 Å². The standard InChI is InChI=1S/C15H20F2N2O/c1-20-15-13(16)5-4-11(14(15)17)9-18-7-8-19-6-2-3-12(19)10-18/h4-5,12H,2-3,6-10H2,1H3. The van der Waals surface area contributed by atoms with Gasteiger partial charge in [-0.1, -0.05) is 6.07 Å². The summed E-state index contributed by atoms with van der Waals surface area (Å²) >= 11 is 0. The molecule has 2 saturated heterocycles. The fraction of sp³-hybridized carbons (Fsp3) is 0.600. The van der Waals surface area contributed by atoms with Crippen LogP contribution in [0.4, 0.5) is 8.78 Å². The maximum absolute atomic E-state index is 14.2. The van der Waals surface area contributed by atoms with E-state index in [9.17, 15) is 8.78 Å². The Morgan fingerprint density at radius 3 is 2.90 bits per heavy atom. The van der Waals surface area contributed by atoms with Gasteiger partial charge in [0.25, 0.3) is 0 Å². The van der Waals surface area contributed by atoms with Crippen LogP contribution in [0.5, 0.6) is 5.75 Å². The van der Waals surface area contributed by atoms with Crippen molar-refractivity contribution < 1.29 is 13.5 Å². The van der Waals surface area contributed by atoms with Gasteiger partial charge in [-0.15, -0.1) is 0 Å². The predicted octanol–water partition coefficient (Wildman–Crippen LogP) is 2.25. The summed E-state index contributed by atoms with van der Waals surface area (Å²) in [6.45, 7) is 4.67. The van der Waals surface area contributed by atoms with Crippen molar-refractivity contribution in [2.45, 2.75) is 25.4 Å². The summed E-state index contributed by atoms with van der Waals surface area (Å²) in [5.41, 5.74) is 0.509. The van der Waals surface area contributed by atoms with Gasteiger partial charge < -0.3 is 4.74 Å². The summed E-state index contributed by atoms with van der Waals surface area (Å²) in [4.78, 5) is 4.76. The maximum atomic E-state index is 14.2. The highest BCUT2D eigenvalue weighted by Crippen LogP contribution is 2.27. The smallest absolute Gasteiger partial charge is 0.190 e. The molecule has 0 aromatic heterocycles. The van der Waals surface area contributed by atoms with Crippen LogP contribution in [-0.4, -0.2) is 49.1 Å². The molecule has 1 aromatic carbocycles. The van der Waals surface area contributed by atoms with Gasteiger partial charge in [-0.2, -0.15) is 0 Å². The lowest BCUT2D eigenvalue weighted by Crippen LogP contribution is -2.49. The summed E-state index contributed by atoms with van der Waals surface area (Å²) in [5.74, 6) is -1.49. The first-order chi connectivity index (χ1) is 9.69. The first-order valence-electron chi connectivity index (χ1n) is 7.16. The molecule has 0 N–H and O–H groups in total. The third-order valence-corrected chi connectivity index (χ3v) is 4.40. The van der Waals surface area contributed by atoms with Crippen molar-refractivity contribution in [3.63, 3.8) is 0 Å². The second-order valence-corrected chi connectivity index (χ2v) is 5.62. The number of hydrogen-bond acceptors (Lipinski definition) is 3. The van der Waals surface area contributed by atoms with Crippen molar-refractivity contribution in [3.05, 3.63) is 29.3 Å². The van der Waals surface area contributed by atoms with E-state index in [0.29, 0.717) is 18.2 Å². The quantitative estimate of drug-likeness (QED) is 0.845. The van der Waals surface area contributed by atoms with Crippen LogP contribution >= 0.6 is 0 Å². The Bertz CT molecular complexity index is 495. The largest absolute Gasteiger partial charge is 0.491 e. The van der Waals surface area contributed by atoms with Gasteiger partial charge in [0.1, 0.15) is 0 Å². The molecule has 2 aliphatic heterocycles. The predicted molar refractivity (Wildman–Crippen MR) is 72.8 cm³/mol. The number of piperazine rings is 1. The molecule has 1 aromatic rings. The second kappa shape index (κ2) is 5.66. The molecule has 0 spiro atoms. The molecule has 3 rings (SSSR count). The minimum absolute atomic E-state index is 0.276. The molecule has 3 nitrogen and oxygen atoms in total. The van der Waals surface area contributed by atoms with Gasteiger partial charge in [-0.05, 0) is 25.5 Å². The molecule has 2 fully saturated rings. The van der Waals surface area contributed by atoms with Gasteiger partial charge in [0, 0.05) is 37.8 Å². The zero-order valence-corrected chi connectivity index (χ0v) is 11.7. The molecule has 0 amide bonds. The van der Waals surface area contributed by atoms with E-state index in [1.807, 2.05) is 0 Å². The zero-order chi connectivity index (χ0) is 14.1. The Labute approximate surface area is 118 Å².